The van der Waals surface area contributed by atoms with E-state index in [2.05, 4.69) is 217 Å². The Morgan fingerprint density at radius 3 is 1.52 bits per heavy atom. The SMILES string of the molecule is c1ccc2c(-c3cc(-c4ccc(N(c5ccc(-c6cccc7c6oc6ccccc67)cc5)c5cc6ccccc6c6ccccc56)cc4)c4ccccc4c3)cccc2c1. The van der Waals surface area contributed by atoms with Crippen molar-refractivity contribution in [1.29, 1.82) is 0 Å². The molecule has 0 atom stereocenters. The molecular formula is C58H37NO. The molecule has 0 aliphatic heterocycles. The normalized spacial score (nSPS) is 11.7. The van der Waals surface area contributed by atoms with Gasteiger partial charge in [0.1, 0.15) is 11.2 Å². The zero-order valence-corrected chi connectivity index (χ0v) is 32.7. The number of nitrogens with zero attached hydrogens (tertiary/aromatic N) is 1. The minimum absolute atomic E-state index is 0.905. The molecule has 12 rings (SSSR count). The van der Waals surface area contributed by atoms with E-state index in [1.807, 2.05) is 12.1 Å². The lowest BCUT2D eigenvalue weighted by Gasteiger charge is -2.28. The molecule has 2 nitrogen and oxygen atoms in total. The van der Waals surface area contributed by atoms with Crippen LogP contribution in [0.5, 0.6) is 0 Å². The molecule has 0 saturated carbocycles. The van der Waals surface area contributed by atoms with E-state index < -0.39 is 0 Å². The first kappa shape index (κ1) is 34.1. The van der Waals surface area contributed by atoms with E-state index >= 15 is 0 Å². The third-order valence-electron chi connectivity index (χ3n) is 12.2. The summed E-state index contributed by atoms with van der Waals surface area (Å²) in [5, 5.41) is 12.1. The summed E-state index contributed by atoms with van der Waals surface area (Å²) in [4.78, 5) is 2.41. The number of fused-ring (bicyclic) bond motifs is 8. The van der Waals surface area contributed by atoms with Crippen LogP contribution in [0.4, 0.5) is 17.1 Å². The van der Waals surface area contributed by atoms with Crippen molar-refractivity contribution >= 4 is 82.1 Å². The van der Waals surface area contributed by atoms with Crippen molar-refractivity contribution in [2.24, 2.45) is 0 Å². The van der Waals surface area contributed by atoms with Crippen LogP contribution in [0.2, 0.25) is 0 Å². The Hall–Kier alpha value is -7.94. The van der Waals surface area contributed by atoms with E-state index in [1.54, 1.807) is 0 Å². The topological polar surface area (TPSA) is 16.4 Å². The van der Waals surface area contributed by atoms with E-state index in [9.17, 15) is 0 Å². The number of anilines is 3. The molecule has 0 saturated heterocycles. The molecule has 0 aliphatic carbocycles. The quantitative estimate of drug-likeness (QED) is 0.157. The van der Waals surface area contributed by atoms with Crippen molar-refractivity contribution < 1.29 is 4.42 Å². The minimum Gasteiger partial charge on any atom is -0.455 e. The number of hydrogen-bond donors (Lipinski definition) is 0. The van der Waals surface area contributed by atoms with Crippen molar-refractivity contribution in [3.63, 3.8) is 0 Å². The molecule has 0 unspecified atom stereocenters. The van der Waals surface area contributed by atoms with Gasteiger partial charge in [0.05, 0.1) is 5.69 Å². The van der Waals surface area contributed by atoms with Crippen LogP contribution in [0.3, 0.4) is 0 Å². The van der Waals surface area contributed by atoms with Crippen LogP contribution >= 0.6 is 0 Å². The second kappa shape index (κ2) is 13.9. The van der Waals surface area contributed by atoms with Crippen molar-refractivity contribution in [3.05, 3.63) is 224 Å². The van der Waals surface area contributed by atoms with Gasteiger partial charge in [-0.1, -0.05) is 176 Å². The standard InChI is InChI=1S/C58H37NO/c1-4-17-46-38(13-1)16-11-23-49(46)43-35-41-14-2-6-19-48(41)55(36-43)40-29-33-45(34-30-40)59(56-37-42-15-3-5-18-47(42)51-20-7-8-21-52(51)56)44-31-27-39(28-32-44)50-24-12-25-54-53-22-9-10-26-57(53)60-58(50)54/h1-37H. The minimum atomic E-state index is 0.905. The Balaban J connectivity index is 1.02. The maximum atomic E-state index is 6.46. The van der Waals surface area contributed by atoms with Crippen LogP contribution in [0.1, 0.15) is 0 Å². The van der Waals surface area contributed by atoms with Crippen molar-refractivity contribution in [3.8, 4) is 33.4 Å². The highest BCUT2D eigenvalue weighted by atomic mass is 16.3. The van der Waals surface area contributed by atoms with E-state index in [0.717, 1.165) is 50.1 Å². The first-order chi connectivity index (χ1) is 29.7. The highest BCUT2D eigenvalue weighted by Crippen LogP contribution is 2.44. The van der Waals surface area contributed by atoms with Crippen LogP contribution in [0.25, 0.3) is 98.4 Å². The van der Waals surface area contributed by atoms with Crippen molar-refractivity contribution in [2.45, 2.75) is 0 Å². The van der Waals surface area contributed by atoms with Gasteiger partial charge in [0.15, 0.2) is 0 Å². The smallest absolute Gasteiger partial charge is 0.143 e. The van der Waals surface area contributed by atoms with Gasteiger partial charge in [0.25, 0.3) is 0 Å². The van der Waals surface area contributed by atoms with E-state index in [-0.39, 0.29) is 0 Å². The van der Waals surface area contributed by atoms with Crippen molar-refractivity contribution in [1.82, 2.24) is 0 Å². The lowest BCUT2D eigenvalue weighted by atomic mass is 9.91. The second-order valence-electron chi connectivity index (χ2n) is 15.6. The number of furan rings is 1. The molecule has 0 bridgehead atoms. The maximum absolute atomic E-state index is 6.46. The maximum Gasteiger partial charge on any atom is 0.143 e. The highest BCUT2D eigenvalue weighted by Gasteiger charge is 2.19. The van der Waals surface area contributed by atoms with Crippen molar-refractivity contribution in [2.75, 3.05) is 4.90 Å². The van der Waals surface area contributed by atoms with Crippen LogP contribution in [-0.2, 0) is 0 Å². The summed E-state index contributed by atoms with van der Waals surface area (Å²) >= 11 is 0. The van der Waals surface area contributed by atoms with Gasteiger partial charge in [0.2, 0.25) is 0 Å². The van der Waals surface area contributed by atoms with Gasteiger partial charge in [-0.3, -0.25) is 0 Å². The monoisotopic (exact) mass is 763 g/mol. The molecule has 12 aromatic rings. The molecule has 280 valence electrons. The van der Waals surface area contributed by atoms with Crippen LogP contribution in [-0.4, -0.2) is 0 Å². The number of rotatable bonds is 6. The highest BCUT2D eigenvalue weighted by molar-refractivity contribution is 6.15. The predicted molar refractivity (Wildman–Crippen MR) is 255 cm³/mol. The van der Waals surface area contributed by atoms with Gasteiger partial charge in [-0.25, -0.2) is 0 Å². The Bertz CT molecular complexity index is 3590. The lowest BCUT2D eigenvalue weighted by Crippen LogP contribution is -2.10. The van der Waals surface area contributed by atoms with Gasteiger partial charge in [-0.05, 0) is 114 Å². The fourth-order valence-electron chi connectivity index (χ4n) is 9.38. The number of hydrogen-bond acceptors (Lipinski definition) is 2. The van der Waals surface area contributed by atoms with Gasteiger partial charge >= 0.3 is 0 Å². The summed E-state index contributed by atoms with van der Waals surface area (Å²) < 4.78 is 6.46. The van der Waals surface area contributed by atoms with Crippen LogP contribution in [0.15, 0.2) is 229 Å². The Morgan fingerprint density at radius 2 is 0.783 bits per heavy atom. The molecule has 2 heteroatoms. The molecule has 0 aliphatic rings. The summed E-state index contributed by atoms with van der Waals surface area (Å²) in [5.41, 5.74) is 12.2. The Labute approximate surface area is 347 Å². The summed E-state index contributed by atoms with van der Waals surface area (Å²) in [5.74, 6) is 0. The molecule has 0 radical (unpaired) electrons. The predicted octanol–water partition coefficient (Wildman–Crippen LogP) is 16.7. The molecule has 1 aromatic heterocycles. The molecule has 0 amide bonds. The van der Waals surface area contributed by atoms with Gasteiger partial charge in [0, 0.05) is 33.1 Å². The van der Waals surface area contributed by atoms with Crippen LogP contribution < -0.4 is 4.90 Å². The molecule has 1 heterocycles. The largest absolute Gasteiger partial charge is 0.455 e. The van der Waals surface area contributed by atoms with E-state index in [0.29, 0.717) is 0 Å². The second-order valence-corrected chi connectivity index (χ2v) is 15.6. The van der Waals surface area contributed by atoms with Gasteiger partial charge in [-0.2, -0.15) is 0 Å². The fourth-order valence-corrected chi connectivity index (χ4v) is 9.38. The molecule has 0 spiro atoms. The summed E-state index contributed by atoms with van der Waals surface area (Å²) in [7, 11) is 0. The zero-order valence-electron chi connectivity index (χ0n) is 32.7. The first-order valence-electron chi connectivity index (χ1n) is 20.6. The lowest BCUT2D eigenvalue weighted by molar-refractivity contribution is 0.670. The fraction of sp³-hybridized carbons (Fsp3) is 0. The first-order valence-corrected chi connectivity index (χ1v) is 20.6. The Kier molecular flexibility index (Phi) is 7.89. The summed E-state index contributed by atoms with van der Waals surface area (Å²) in [6, 6.07) is 81.3. The third kappa shape index (κ3) is 5.57. The molecule has 0 fully saturated rings. The average molecular weight is 764 g/mol. The van der Waals surface area contributed by atoms with Gasteiger partial charge in [-0.15, -0.1) is 0 Å². The average Bonchev–Trinajstić information content (AvgIpc) is 3.71. The molecular weight excluding hydrogens is 727 g/mol. The third-order valence-corrected chi connectivity index (χ3v) is 12.2. The van der Waals surface area contributed by atoms with E-state index in [1.165, 1.54) is 65.3 Å². The molecule has 0 N–H and O–H groups in total. The van der Waals surface area contributed by atoms with E-state index in [4.69, 9.17) is 4.42 Å². The van der Waals surface area contributed by atoms with Gasteiger partial charge < -0.3 is 9.32 Å². The molecule has 60 heavy (non-hydrogen) atoms. The summed E-state index contributed by atoms with van der Waals surface area (Å²) in [6.07, 6.45) is 0. The number of benzene rings is 11. The molecule has 11 aromatic carbocycles. The number of para-hydroxylation sites is 2. The zero-order chi connectivity index (χ0) is 39.6. The van der Waals surface area contributed by atoms with Crippen LogP contribution in [0, 0.1) is 0 Å². The Morgan fingerprint density at radius 1 is 0.283 bits per heavy atom. The summed E-state index contributed by atoms with van der Waals surface area (Å²) in [6.45, 7) is 0.